The van der Waals surface area contributed by atoms with Crippen LogP contribution in [0, 0.1) is 10.7 Å². The molecule has 3 rings (SSSR count). The fraction of sp³-hybridized carbons (Fsp3) is 0.444. The largest absolute Gasteiger partial charge is 0.466 e. The van der Waals surface area contributed by atoms with Gasteiger partial charge in [0.15, 0.2) is 4.77 Å². The van der Waals surface area contributed by atoms with E-state index in [4.69, 9.17) is 17.0 Å². The van der Waals surface area contributed by atoms with Crippen LogP contribution in [0.5, 0.6) is 0 Å². The molecular formula is C18H21N3O4S. The van der Waals surface area contributed by atoms with Gasteiger partial charge in [-0.25, -0.2) is 0 Å². The van der Waals surface area contributed by atoms with Gasteiger partial charge in [-0.1, -0.05) is 12.1 Å². The van der Waals surface area contributed by atoms with E-state index in [0.717, 1.165) is 6.42 Å². The van der Waals surface area contributed by atoms with E-state index in [0.29, 0.717) is 37.0 Å². The van der Waals surface area contributed by atoms with Crippen molar-refractivity contribution in [3.05, 3.63) is 39.4 Å². The van der Waals surface area contributed by atoms with Crippen LogP contribution in [0.2, 0.25) is 0 Å². The molecule has 0 saturated carbocycles. The number of carbonyl (C=O) groups excluding carboxylic acids is 2. The lowest BCUT2D eigenvalue weighted by Crippen LogP contribution is -2.45. The molecule has 0 spiro atoms. The van der Waals surface area contributed by atoms with Gasteiger partial charge in [0.1, 0.15) is 6.54 Å². The number of aromatic nitrogens is 2. The quantitative estimate of drug-likeness (QED) is 0.651. The third-order valence-corrected chi connectivity index (χ3v) is 4.90. The van der Waals surface area contributed by atoms with E-state index < -0.39 is 0 Å². The maximum atomic E-state index is 12.7. The molecule has 1 atom stereocenters. The number of esters is 1. The molecule has 1 N–H and O–H groups in total. The van der Waals surface area contributed by atoms with Gasteiger partial charge in [0.05, 0.1) is 23.4 Å². The molecule has 0 bridgehead atoms. The minimum absolute atomic E-state index is 0.144. The lowest BCUT2D eigenvalue weighted by atomic mass is 9.98. The summed E-state index contributed by atoms with van der Waals surface area (Å²) >= 11 is 5.25. The van der Waals surface area contributed by atoms with Gasteiger partial charge in [0.2, 0.25) is 5.91 Å². The first-order valence-corrected chi connectivity index (χ1v) is 9.08. The number of piperidine rings is 1. The van der Waals surface area contributed by atoms with Gasteiger partial charge in [-0.2, -0.15) is 0 Å². The summed E-state index contributed by atoms with van der Waals surface area (Å²) in [5, 5.41) is 0.483. The fourth-order valence-electron chi connectivity index (χ4n) is 3.23. The predicted octanol–water partition coefficient (Wildman–Crippen LogP) is 1.86. The van der Waals surface area contributed by atoms with Crippen LogP contribution in [0.25, 0.3) is 10.9 Å². The molecule has 2 heterocycles. The van der Waals surface area contributed by atoms with Gasteiger partial charge in [-0.3, -0.25) is 19.0 Å². The van der Waals surface area contributed by atoms with E-state index in [-0.39, 0.29) is 34.7 Å². The Bertz CT molecular complexity index is 949. The molecule has 8 heteroatoms. The number of benzene rings is 1. The maximum Gasteiger partial charge on any atom is 0.310 e. The van der Waals surface area contributed by atoms with Crippen LogP contribution in [0.4, 0.5) is 0 Å². The highest BCUT2D eigenvalue weighted by atomic mass is 32.1. The number of carbonyl (C=O) groups is 2. The first-order valence-electron chi connectivity index (χ1n) is 8.67. The molecule has 0 aliphatic carbocycles. The second-order valence-corrected chi connectivity index (χ2v) is 6.68. The molecule has 1 aliphatic rings. The van der Waals surface area contributed by atoms with E-state index in [1.165, 1.54) is 4.57 Å². The van der Waals surface area contributed by atoms with E-state index in [9.17, 15) is 14.4 Å². The number of nitrogens with one attached hydrogen (secondary N) is 1. The highest BCUT2D eigenvalue weighted by Gasteiger charge is 2.29. The van der Waals surface area contributed by atoms with E-state index >= 15 is 0 Å². The molecule has 138 valence electrons. The van der Waals surface area contributed by atoms with Gasteiger partial charge < -0.3 is 14.6 Å². The molecule has 1 saturated heterocycles. The fourth-order valence-corrected chi connectivity index (χ4v) is 3.49. The van der Waals surface area contributed by atoms with Crippen LogP contribution in [0.15, 0.2) is 29.1 Å². The number of fused-ring (bicyclic) bond motifs is 1. The SMILES string of the molecule is CCOC(=O)[C@H]1CCCN(C(=O)Cn2c(=S)[nH]c3ccccc3c2=O)C1. The topological polar surface area (TPSA) is 84.4 Å². The normalized spacial score (nSPS) is 17.3. The van der Waals surface area contributed by atoms with Gasteiger partial charge in [-0.15, -0.1) is 0 Å². The molecule has 1 aromatic heterocycles. The number of aromatic amines is 1. The Morgan fingerprint density at radius 3 is 2.88 bits per heavy atom. The van der Waals surface area contributed by atoms with Crippen LogP contribution >= 0.6 is 12.2 Å². The smallest absolute Gasteiger partial charge is 0.310 e. The minimum Gasteiger partial charge on any atom is -0.466 e. The molecule has 0 radical (unpaired) electrons. The van der Waals surface area contributed by atoms with Crippen LogP contribution in [0.3, 0.4) is 0 Å². The first kappa shape index (κ1) is 18.3. The maximum absolute atomic E-state index is 12.7. The van der Waals surface area contributed by atoms with Crippen molar-refractivity contribution >= 4 is 35.0 Å². The van der Waals surface area contributed by atoms with Crippen LogP contribution < -0.4 is 5.56 Å². The Hall–Kier alpha value is -2.48. The average molecular weight is 375 g/mol. The molecule has 1 aromatic carbocycles. The number of H-pyrrole nitrogens is 1. The van der Waals surface area contributed by atoms with E-state index in [1.807, 2.05) is 6.07 Å². The van der Waals surface area contributed by atoms with Crippen molar-refractivity contribution in [2.45, 2.75) is 26.3 Å². The zero-order valence-corrected chi connectivity index (χ0v) is 15.4. The Kier molecular flexibility index (Phi) is 5.51. The average Bonchev–Trinajstić information content (AvgIpc) is 2.65. The summed E-state index contributed by atoms with van der Waals surface area (Å²) in [5.41, 5.74) is 0.350. The standard InChI is InChI=1S/C18H21N3O4S/c1-2-25-17(24)12-6-5-9-20(10-12)15(22)11-21-16(23)13-7-3-4-8-14(13)19-18(21)26/h3-4,7-8,12H,2,5-6,9-11H2,1H3,(H,19,26)/t12-/m0/s1. The highest BCUT2D eigenvalue weighted by Crippen LogP contribution is 2.18. The van der Waals surface area contributed by atoms with Crippen molar-refractivity contribution in [2.24, 2.45) is 5.92 Å². The van der Waals surface area contributed by atoms with Crippen molar-refractivity contribution in [1.82, 2.24) is 14.5 Å². The van der Waals surface area contributed by atoms with E-state index in [1.54, 1.807) is 30.0 Å². The molecule has 0 unspecified atom stereocenters. The Morgan fingerprint density at radius 2 is 2.12 bits per heavy atom. The summed E-state index contributed by atoms with van der Waals surface area (Å²) in [6.45, 7) is 2.82. The lowest BCUT2D eigenvalue weighted by Gasteiger charge is -2.31. The molecule has 1 amide bonds. The Balaban J connectivity index is 1.80. The zero-order valence-electron chi connectivity index (χ0n) is 14.6. The van der Waals surface area contributed by atoms with Crippen molar-refractivity contribution < 1.29 is 14.3 Å². The van der Waals surface area contributed by atoms with Crippen LogP contribution in [-0.2, 0) is 20.9 Å². The van der Waals surface area contributed by atoms with E-state index in [2.05, 4.69) is 4.98 Å². The van der Waals surface area contributed by atoms with Gasteiger partial charge in [0.25, 0.3) is 5.56 Å². The molecule has 1 aliphatic heterocycles. The van der Waals surface area contributed by atoms with Crippen LogP contribution in [0.1, 0.15) is 19.8 Å². The summed E-state index contributed by atoms with van der Waals surface area (Å²) in [5.74, 6) is -0.809. The second kappa shape index (κ2) is 7.82. The van der Waals surface area contributed by atoms with Crippen molar-refractivity contribution in [2.75, 3.05) is 19.7 Å². The number of hydrogen-bond acceptors (Lipinski definition) is 5. The number of likely N-dealkylation sites (tertiary alicyclic amines) is 1. The molecular weight excluding hydrogens is 354 g/mol. The van der Waals surface area contributed by atoms with Gasteiger partial charge >= 0.3 is 5.97 Å². The van der Waals surface area contributed by atoms with Crippen molar-refractivity contribution in [1.29, 1.82) is 0 Å². The Morgan fingerprint density at radius 1 is 1.35 bits per heavy atom. The number of amides is 1. The number of nitrogens with zero attached hydrogens (tertiary/aromatic N) is 2. The summed E-state index contributed by atoms with van der Waals surface area (Å²) in [6, 6.07) is 7.04. The second-order valence-electron chi connectivity index (χ2n) is 6.30. The highest BCUT2D eigenvalue weighted by molar-refractivity contribution is 7.71. The van der Waals surface area contributed by atoms with Crippen molar-refractivity contribution in [3.63, 3.8) is 0 Å². The molecule has 2 aromatic rings. The van der Waals surface area contributed by atoms with Crippen LogP contribution in [-0.4, -0.2) is 46.0 Å². The number of para-hydroxylation sites is 1. The lowest BCUT2D eigenvalue weighted by molar-refractivity contribution is -0.151. The summed E-state index contributed by atoms with van der Waals surface area (Å²) < 4.78 is 6.54. The molecule has 7 nitrogen and oxygen atoms in total. The minimum atomic E-state index is -0.310. The summed E-state index contributed by atoms with van der Waals surface area (Å²) in [4.78, 5) is 41.9. The first-order chi connectivity index (χ1) is 12.5. The van der Waals surface area contributed by atoms with Gasteiger partial charge in [-0.05, 0) is 44.1 Å². The number of rotatable bonds is 4. The molecule has 1 fully saturated rings. The zero-order chi connectivity index (χ0) is 18.7. The summed E-state index contributed by atoms with van der Waals surface area (Å²) in [6.07, 6.45) is 1.44. The predicted molar refractivity (Wildman–Crippen MR) is 99.3 cm³/mol. The molecule has 26 heavy (non-hydrogen) atoms. The monoisotopic (exact) mass is 375 g/mol. The van der Waals surface area contributed by atoms with Crippen molar-refractivity contribution in [3.8, 4) is 0 Å². The third-order valence-electron chi connectivity index (χ3n) is 4.58. The third kappa shape index (κ3) is 3.70. The number of hydrogen-bond donors (Lipinski definition) is 1. The number of ether oxygens (including phenoxy) is 1. The summed E-state index contributed by atoms with van der Waals surface area (Å²) in [7, 11) is 0. The Labute approximate surface area is 155 Å². The van der Waals surface area contributed by atoms with Gasteiger partial charge in [0, 0.05) is 13.1 Å².